The summed E-state index contributed by atoms with van der Waals surface area (Å²) in [6, 6.07) is 32.5. The molecule has 0 saturated heterocycles. The largest absolute Gasteiger partial charge is 0.369 e. The quantitative estimate of drug-likeness (QED) is 0.415. The fourth-order valence-corrected chi connectivity index (χ4v) is 4.28. The molecule has 6 heteroatoms. The number of aromatic nitrogens is 4. The lowest BCUT2D eigenvalue weighted by molar-refractivity contribution is 1.11. The fraction of sp³-hybridized carbons (Fsp3) is 0. The van der Waals surface area contributed by atoms with Crippen molar-refractivity contribution in [2.75, 3.05) is 11.5 Å². The average Bonchev–Trinajstić information content (AvgIpc) is 3.34. The van der Waals surface area contributed by atoms with Crippen LogP contribution in [0.15, 0.2) is 97.1 Å². The predicted octanol–water partition coefficient (Wildman–Crippen LogP) is 5.20. The van der Waals surface area contributed by atoms with Gasteiger partial charge in [0.1, 0.15) is 0 Å². The third-order valence-electron chi connectivity index (χ3n) is 5.72. The van der Waals surface area contributed by atoms with E-state index in [-0.39, 0.29) is 0 Å². The molecule has 0 aliphatic rings. The van der Waals surface area contributed by atoms with E-state index in [0.717, 1.165) is 44.6 Å². The normalized spacial score (nSPS) is 11.4. The Hall–Kier alpha value is -4.58. The standard InChI is InChI=1S/C26H20N6/c27-25-29-21-11-1-3-13-23(21)31(25)19-9-5-7-17(15-19)18-8-6-10-20(16-18)32-24-14-4-2-12-22(24)30-26(32)28/h1-16H,(H2,27,29)(H2,28,30). The van der Waals surface area contributed by atoms with Crippen LogP contribution in [0.4, 0.5) is 11.9 Å². The van der Waals surface area contributed by atoms with E-state index in [0.29, 0.717) is 11.9 Å². The molecule has 0 spiro atoms. The van der Waals surface area contributed by atoms with E-state index < -0.39 is 0 Å². The van der Waals surface area contributed by atoms with Gasteiger partial charge in [0, 0.05) is 11.4 Å². The highest BCUT2D eigenvalue weighted by atomic mass is 15.2. The molecule has 0 fully saturated rings. The van der Waals surface area contributed by atoms with Crippen LogP contribution >= 0.6 is 0 Å². The minimum absolute atomic E-state index is 0.467. The summed E-state index contributed by atoms with van der Waals surface area (Å²) < 4.78 is 3.95. The first-order valence-corrected chi connectivity index (χ1v) is 10.4. The zero-order valence-electron chi connectivity index (χ0n) is 17.2. The molecular formula is C26H20N6. The molecule has 32 heavy (non-hydrogen) atoms. The minimum Gasteiger partial charge on any atom is -0.369 e. The van der Waals surface area contributed by atoms with Gasteiger partial charge in [0.05, 0.1) is 22.1 Å². The number of benzene rings is 4. The number of nitrogens with two attached hydrogens (primary N) is 2. The van der Waals surface area contributed by atoms with E-state index in [1.165, 1.54) is 0 Å². The van der Waals surface area contributed by atoms with Crippen molar-refractivity contribution < 1.29 is 0 Å². The molecular weight excluding hydrogens is 396 g/mol. The number of nitrogen functional groups attached to an aromatic ring is 2. The first-order chi connectivity index (χ1) is 15.7. The first kappa shape index (κ1) is 18.2. The van der Waals surface area contributed by atoms with Crippen molar-refractivity contribution in [2.45, 2.75) is 0 Å². The maximum Gasteiger partial charge on any atom is 0.205 e. The molecule has 2 aromatic heterocycles. The summed E-state index contributed by atoms with van der Waals surface area (Å²) in [7, 11) is 0. The molecule has 0 bridgehead atoms. The van der Waals surface area contributed by atoms with Gasteiger partial charge in [0.25, 0.3) is 0 Å². The third kappa shape index (κ3) is 2.81. The summed E-state index contributed by atoms with van der Waals surface area (Å²) in [5.74, 6) is 0.935. The summed E-state index contributed by atoms with van der Waals surface area (Å²) in [6.07, 6.45) is 0. The van der Waals surface area contributed by atoms with Gasteiger partial charge in [-0.15, -0.1) is 0 Å². The van der Waals surface area contributed by atoms with E-state index in [1.807, 2.05) is 81.9 Å². The second-order valence-electron chi connectivity index (χ2n) is 7.69. The maximum absolute atomic E-state index is 6.26. The van der Waals surface area contributed by atoms with Crippen LogP contribution < -0.4 is 11.5 Å². The smallest absolute Gasteiger partial charge is 0.205 e. The van der Waals surface area contributed by atoms with E-state index in [2.05, 4.69) is 34.2 Å². The molecule has 4 N–H and O–H groups in total. The Morgan fingerprint density at radius 1 is 0.500 bits per heavy atom. The molecule has 2 heterocycles. The highest BCUT2D eigenvalue weighted by Crippen LogP contribution is 2.30. The van der Waals surface area contributed by atoms with Crippen LogP contribution in [0.3, 0.4) is 0 Å². The second-order valence-corrected chi connectivity index (χ2v) is 7.69. The summed E-state index contributed by atoms with van der Waals surface area (Å²) in [6.45, 7) is 0. The van der Waals surface area contributed by atoms with Gasteiger partial charge in [-0.25, -0.2) is 9.97 Å². The van der Waals surface area contributed by atoms with Gasteiger partial charge in [-0.05, 0) is 59.7 Å². The maximum atomic E-state index is 6.26. The Labute approximate surface area is 184 Å². The number of rotatable bonds is 3. The Morgan fingerprint density at radius 3 is 1.41 bits per heavy atom. The number of para-hydroxylation sites is 4. The summed E-state index contributed by atoms with van der Waals surface area (Å²) in [5.41, 5.74) is 20.3. The van der Waals surface area contributed by atoms with E-state index in [1.54, 1.807) is 0 Å². The third-order valence-corrected chi connectivity index (χ3v) is 5.72. The Morgan fingerprint density at radius 2 is 0.938 bits per heavy atom. The number of nitrogens with zero attached hydrogens (tertiary/aromatic N) is 4. The molecule has 154 valence electrons. The van der Waals surface area contributed by atoms with Crippen molar-refractivity contribution in [1.29, 1.82) is 0 Å². The number of anilines is 2. The van der Waals surface area contributed by atoms with Gasteiger partial charge in [0.2, 0.25) is 11.9 Å². The lowest BCUT2D eigenvalue weighted by Crippen LogP contribution is -2.01. The van der Waals surface area contributed by atoms with Gasteiger partial charge >= 0.3 is 0 Å². The van der Waals surface area contributed by atoms with Crippen molar-refractivity contribution in [3.8, 4) is 22.5 Å². The van der Waals surface area contributed by atoms with Crippen molar-refractivity contribution in [2.24, 2.45) is 0 Å². The first-order valence-electron chi connectivity index (χ1n) is 10.4. The molecule has 0 aliphatic heterocycles. The molecule has 0 aliphatic carbocycles. The topological polar surface area (TPSA) is 87.7 Å². The second kappa shape index (κ2) is 6.99. The molecule has 6 rings (SSSR count). The highest BCUT2D eigenvalue weighted by molar-refractivity contribution is 5.83. The Bertz CT molecular complexity index is 1490. The molecule has 0 atom stereocenters. The Balaban J connectivity index is 1.48. The number of hydrogen-bond acceptors (Lipinski definition) is 4. The monoisotopic (exact) mass is 416 g/mol. The van der Waals surface area contributed by atoms with Crippen molar-refractivity contribution in [3.63, 3.8) is 0 Å². The molecule has 6 aromatic rings. The van der Waals surface area contributed by atoms with Crippen LogP contribution in [0.5, 0.6) is 0 Å². The van der Waals surface area contributed by atoms with Crippen LogP contribution in [0.2, 0.25) is 0 Å². The van der Waals surface area contributed by atoms with Crippen molar-refractivity contribution >= 4 is 34.0 Å². The van der Waals surface area contributed by atoms with Crippen LogP contribution in [0, 0.1) is 0 Å². The fourth-order valence-electron chi connectivity index (χ4n) is 4.28. The van der Waals surface area contributed by atoms with E-state index >= 15 is 0 Å². The van der Waals surface area contributed by atoms with Gasteiger partial charge in [-0.3, -0.25) is 9.13 Å². The van der Waals surface area contributed by atoms with E-state index in [9.17, 15) is 0 Å². The number of imidazole rings is 2. The molecule has 0 unspecified atom stereocenters. The molecule has 0 radical (unpaired) electrons. The van der Waals surface area contributed by atoms with Crippen LogP contribution in [-0.4, -0.2) is 19.1 Å². The predicted molar refractivity (Wildman–Crippen MR) is 130 cm³/mol. The van der Waals surface area contributed by atoms with Crippen LogP contribution in [0.1, 0.15) is 0 Å². The number of fused-ring (bicyclic) bond motifs is 2. The van der Waals surface area contributed by atoms with Crippen LogP contribution in [-0.2, 0) is 0 Å². The minimum atomic E-state index is 0.467. The lowest BCUT2D eigenvalue weighted by atomic mass is 10.0. The van der Waals surface area contributed by atoms with Gasteiger partial charge < -0.3 is 11.5 Å². The number of hydrogen-bond donors (Lipinski definition) is 2. The highest BCUT2D eigenvalue weighted by Gasteiger charge is 2.12. The summed E-state index contributed by atoms with van der Waals surface area (Å²) in [5, 5.41) is 0. The van der Waals surface area contributed by atoms with Gasteiger partial charge in [-0.2, -0.15) is 0 Å². The van der Waals surface area contributed by atoms with Gasteiger partial charge in [-0.1, -0.05) is 48.5 Å². The summed E-state index contributed by atoms with van der Waals surface area (Å²) in [4.78, 5) is 8.99. The molecule has 0 saturated carbocycles. The zero-order chi connectivity index (χ0) is 21.7. The van der Waals surface area contributed by atoms with Crippen molar-refractivity contribution in [3.05, 3.63) is 97.1 Å². The average molecular weight is 416 g/mol. The zero-order valence-corrected chi connectivity index (χ0v) is 17.2. The molecule has 6 nitrogen and oxygen atoms in total. The molecule has 4 aromatic carbocycles. The van der Waals surface area contributed by atoms with E-state index in [4.69, 9.17) is 11.5 Å². The SMILES string of the molecule is Nc1nc2ccccc2n1-c1cccc(-c2cccc(-n3c(N)nc4ccccc43)c2)c1. The van der Waals surface area contributed by atoms with Crippen LogP contribution in [0.25, 0.3) is 44.6 Å². The summed E-state index contributed by atoms with van der Waals surface area (Å²) >= 11 is 0. The lowest BCUT2D eigenvalue weighted by Gasteiger charge is -2.11. The molecule has 0 amide bonds. The van der Waals surface area contributed by atoms with Gasteiger partial charge in [0.15, 0.2) is 0 Å². The Kier molecular flexibility index (Phi) is 3.98. The van der Waals surface area contributed by atoms with Crippen molar-refractivity contribution in [1.82, 2.24) is 19.1 Å².